The van der Waals surface area contributed by atoms with Gasteiger partial charge in [0.25, 0.3) is 5.89 Å². The summed E-state index contributed by atoms with van der Waals surface area (Å²) in [6, 6.07) is 3.52. The highest BCUT2D eigenvalue weighted by molar-refractivity contribution is 5.85. The Morgan fingerprint density at radius 3 is 2.62 bits per heavy atom. The van der Waals surface area contributed by atoms with Crippen LogP contribution in [-0.4, -0.2) is 23.5 Å². The molecule has 0 spiro atoms. The van der Waals surface area contributed by atoms with E-state index in [0.717, 1.165) is 6.42 Å². The first-order chi connectivity index (χ1) is 10.5. The number of carbonyl (C=O) groups excluding carboxylic acids is 1. The maximum atomic E-state index is 12.1. The summed E-state index contributed by atoms with van der Waals surface area (Å²) in [5, 5.41) is 2.95. The van der Waals surface area contributed by atoms with Crippen LogP contribution in [0.4, 0.5) is 0 Å². The number of aromatic nitrogens is 1. The molecule has 136 valence electrons. The average molecular weight is 378 g/mol. The van der Waals surface area contributed by atoms with Crippen molar-refractivity contribution in [2.75, 3.05) is 6.54 Å². The van der Waals surface area contributed by atoms with Crippen LogP contribution in [0.25, 0.3) is 11.7 Å². The van der Waals surface area contributed by atoms with Crippen LogP contribution in [0.5, 0.6) is 0 Å². The van der Waals surface area contributed by atoms with Gasteiger partial charge in [0, 0.05) is 12.6 Å². The fourth-order valence-corrected chi connectivity index (χ4v) is 2.31. The lowest BCUT2D eigenvalue weighted by Crippen LogP contribution is -2.41. The van der Waals surface area contributed by atoms with E-state index in [1.54, 1.807) is 25.3 Å². The molecule has 24 heavy (non-hydrogen) atoms. The Morgan fingerprint density at radius 1 is 1.38 bits per heavy atom. The summed E-state index contributed by atoms with van der Waals surface area (Å²) in [7, 11) is 0. The van der Waals surface area contributed by atoms with Crippen molar-refractivity contribution < 1.29 is 13.6 Å². The van der Waals surface area contributed by atoms with Crippen molar-refractivity contribution in [3.63, 3.8) is 0 Å². The van der Waals surface area contributed by atoms with Crippen LogP contribution in [-0.2, 0) is 11.2 Å². The minimum Gasteiger partial charge on any atom is -0.459 e. The molecule has 0 fully saturated rings. The summed E-state index contributed by atoms with van der Waals surface area (Å²) in [5.74, 6) is 1.94. The standard InChI is InChI=1S/C16H23N3O3.2ClH/c1-10(2)7-12(9-17)18-15(20)8-13-11(3)22-16(19-13)14-5-4-6-21-14;;/h4-6,10,12H,7-9,17H2,1-3H3,(H,18,20);2*1H. The van der Waals surface area contributed by atoms with Crippen molar-refractivity contribution in [1.29, 1.82) is 0 Å². The van der Waals surface area contributed by atoms with Gasteiger partial charge in [-0.15, -0.1) is 24.8 Å². The number of hydrogen-bond acceptors (Lipinski definition) is 5. The predicted molar refractivity (Wildman–Crippen MR) is 97.6 cm³/mol. The molecule has 0 aromatic carbocycles. The van der Waals surface area contributed by atoms with Crippen LogP contribution in [0.1, 0.15) is 31.7 Å². The molecule has 2 aromatic heterocycles. The van der Waals surface area contributed by atoms with E-state index in [2.05, 4.69) is 24.1 Å². The van der Waals surface area contributed by atoms with E-state index in [1.165, 1.54) is 0 Å². The Morgan fingerprint density at radius 2 is 2.08 bits per heavy atom. The van der Waals surface area contributed by atoms with Crippen LogP contribution >= 0.6 is 24.8 Å². The molecular weight excluding hydrogens is 353 g/mol. The van der Waals surface area contributed by atoms with E-state index in [1.807, 2.05) is 0 Å². The zero-order valence-corrected chi connectivity index (χ0v) is 15.7. The summed E-state index contributed by atoms with van der Waals surface area (Å²) < 4.78 is 10.8. The maximum absolute atomic E-state index is 12.1. The molecule has 8 heteroatoms. The van der Waals surface area contributed by atoms with Gasteiger partial charge in [-0.2, -0.15) is 0 Å². The molecule has 0 saturated heterocycles. The van der Waals surface area contributed by atoms with Crippen LogP contribution in [0.15, 0.2) is 27.2 Å². The molecule has 0 aliphatic rings. The van der Waals surface area contributed by atoms with E-state index in [-0.39, 0.29) is 43.2 Å². The highest BCUT2D eigenvalue weighted by Crippen LogP contribution is 2.22. The van der Waals surface area contributed by atoms with Crippen molar-refractivity contribution >= 4 is 30.7 Å². The first-order valence-electron chi connectivity index (χ1n) is 7.49. The molecule has 6 nitrogen and oxygen atoms in total. The van der Waals surface area contributed by atoms with Crippen molar-refractivity contribution in [3.05, 3.63) is 29.9 Å². The summed E-state index contributed by atoms with van der Waals surface area (Å²) in [5.41, 5.74) is 6.31. The predicted octanol–water partition coefficient (Wildman–Crippen LogP) is 3.12. The molecule has 2 rings (SSSR count). The van der Waals surface area contributed by atoms with Crippen LogP contribution in [0.3, 0.4) is 0 Å². The zero-order valence-electron chi connectivity index (χ0n) is 14.1. The topological polar surface area (TPSA) is 94.3 Å². The number of furan rings is 1. The quantitative estimate of drug-likeness (QED) is 0.772. The Hall–Kier alpha value is -1.50. The van der Waals surface area contributed by atoms with Crippen LogP contribution in [0.2, 0.25) is 0 Å². The molecule has 0 saturated carbocycles. The molecule has 3 N–H and O–H groups in total. The van der Waals surface area contributed by atoms with Crippen molar-refractivity contribution in [3.8, 4) is 11.7 Å². The Kier molecular flexibility index (Phi) is 9.73. The summed E-state index contributed by atoms with van der Waals surface area (Å²) in [6.07, 6.45) is 2.58. The third-order valence-electron chi connectivity index (χ3n) is 3.36. The van der Waals surface area contributed by atoms with E-state index in [9.17, 15) is 4.79 Å². The summed E-state index contributed by atoms with van der Waals surface area (Å²) >= 11 is 0. The molecule has 1 unspecified atom stereocenters. The smallest absolute Gasteiger partial charge is 0.263 e. The van der Waals surface area contributed by atoms with Crippen LogP contribution in [0, 0.1) is 12.8 Å². The Bertz CT molecular complexity index is 612. The number of hydrogen-bond donors (Lipinski definition) is 2. The Balaban J connectivity index is 0.00000264. The number of halogens is 2. The first-order valence-corrected chi connectivity index (χ1v) is 7.49. The van der Waals surface area contributed by atoms with Gasteiger partial charge in [-0.05, 0) is 31.4 Å². The van der Waals surface area contributed by atoms with E-state index < -0.39 is 0 Å². The second-order valence-corrected chi connectivity index (χ2v) is 5.81. The van der Waals surface area contributed by atoms with Gasteiger partial charge in [0.2, 0.25) is 5.91 Å². The van der Waals surface area contributed by atoms with Gasteiger partial charge in [-0.3, -0.25) is 4.79 Å². The van der Waals surface area contributed by atoms with E-state index in [4.69, 9.17) is 14.6 Å². The molecule has 2 aromatic rings. The van der Waals surface area contributed by atoms with Gasteiger partial charge >= 0.3 is 0 Å². The minimum atomic E-state index is -0.0986. The second-order valence-electron chi connectivity index (χ2n) is 5.81. The zero-order chi connectivity index (χ0) is 16.1. The molecule has 0 aliphatic carbocycles. The largest absolute Gasteiger partial charge is 0.459 e. The molecule has 1 atom stereocenters. The number of nitrogens with two attached hydrogens (primary N) is 1. The lowest BCUT2D eigenvalue weighted by Gasteiger charge is -2.18. The number of amides is 1. The number of nitrogens with zero attached hydrogens (tertiary/aromatic N) is 1. The average Bonchev–Trinajstić information content (AvgIpc) is 3.08. The van der Waals surface area contributed by atoms with Gasteiger partial charge in [0.05, 0.1) is 18.4 Å². The SMILES string of the molecule is Cc1oc(-c2ccco2)nc1CC(=O)NC(CN)CC(C)C.Cl.Cl. The lowest BCUT2D eigenvalue weighted by atomic mass is 10.0. The summed E-state index contributed by atoms with van der Waals surface area (Å²) in [4.78, 5) is 16.5. The molecule has 0 aliphatic heterocycles. The van der Waals surface area contributed by atoms with Gasteiger partial charge in [-0.1, -0.05) is 13.8 Å². The van der Waals surface area contributed by atoms with E-state index >= 15 is 0 Å². The Labute approximate surface area is 154 Å². The highest BCUT2D eigenvalue weighted by atomic mass is 35.5. The molecular formula is C16H25Cl2N3O3. The van der Waals surface area contributed by atoms with Crippen LogP contribution < -0.4 is 11.1 Å². The van der Waals surface area contributed by atoms with Crippen molar-refractivity contribution in [2.45, 2.75) is 39.7 Å². The first kappa shape index (κ1) is 22.5. The molecule has 0 bridgehead atoms. The fourth-order valence-electron chi connectivity index (χ4n) is 2.31. The molecule has 0 radical (unpaired) electrons. The number of aryl methyl sites for hydroxylation is 1. The highest BCUT2D eigenvalue weighted by Gasteiger charge is 2.18. The third-order valence-corrected chi connectivity index (χ3v) is 3.36. The second kappa shape index (κ2) is 10.4. The number of nitrogens with one attached hydrogen (secondary N) is 1. The summed E-state index contributed by atoms with van der Waals surface area (Å²) in [6.45, 7) is 6.43. The lowest BCUT2D eigenvalue weighted by molar-refractivity contribution is -0.121. The van der Waals surface area contributed by atoms with Gasteiger partial charge in [-0.25, -0.2) is 4.98 Å². The van der Waals surface area contributed by atoms with Gasteiger partial charge in [0.1, 0.15) is 5.76 Å². The normalized spacial score (nSPS) is 11.5. The maximum Gasteiger partial charge on any atom is 0.263 e. The third kappa shape index (κ3) is 6.19. The fraction of sp³-hybridized carbons (Fsp3) is 0.500. The van der Waals surface area contributed by atoms with E-state index in [0.29, 0.717) is 35.6 Å². The van der Waals surface area contributed by atoms with Gasteiger partial charge in [0.15, 0.2) is 5.76 Å². The van der Waals surface area contributed by atoms with Gasteiger partial charge < -0.3 is 19.9 Å². The molecule has 1 amide bonds. The number of rotatable bonds is 7. The van der Waals surface area contributed by atoms with Crippen molar-refractivity contribution in [2.24, 2.45) is 11.7 Å². The monoisotopic (exact) mass is 377 g/mol. The molecule has 2 heterocycles. The van der Waals surface area contributed by atoms with Crippen molar-refractivity contribution in [1.82, 2.24) is 10.3 Å². The number of oxazole rings is 1. The minimum absolute atomic E-state index is 0. The number of carbonyl (C=O) groups is 1.